The molecule has 0 bridgehead atoms. The fraction of sp³-hybridized carbons (Fsp3) is 1.00. The maximum atomic E-state index is 3.67. The highest BCUT2D eigenvalue weighted by atomic mass is 15.2. The van der Waals surface area contributed by atoms with Gasteiger partial charge in [-0.1, -0.05) is 19.8 Å². The number of hydrogen-bond donors (Lipinski definition) is 1. The summed E-state index contributed by atoms with van der Waals surface area (Å²) in [5.41, 5.74) is 0. The molecule has 2 heterocycles. The second-order valence-electron chi connectivity index (χ2n) is 5.20. The molecule has 2 atom stereocenters. The number of rotatable bonds is 3. The molecule has 0 aliphatic carbocycles. The van der Waals surface area contributed by atoms with Gasteiger partial charge in [-0.3, -0.25) is 4.90 Å². The van der Waals surface area contributed by atoms with E-state index in [2.05, 4.69) is 17.1 Å². The van der Waals surface area contributed by atoms with Crippen LogP contribution in [0, 0.1) is 0 Å². The van der Waals surface area contributed by atoms with Crippen LogP contribution in [0.1, 0.15) is 51.9 Å². The predicted octanol–water partition coefficient (Wildman–Crippen LogP) is 2.39. The molecule has 2 saturated heterocycles. The molecule has 2 aliphatic heterocycles. The van der Waals surface area contributed by atoms with Crippen LogP contribution >= 0.6 is 0 Å². The smallest absolute Gasteiger partial charge is 0.0195 e. The second-order valence-corrected chi connectivity index (χ2v) is 5.20. The fourth-order valence-corrected chi connectivity index (χ4v) is 3.13. The van der Waals surface area contributed by atoms with E-state index in [1.807, 2.05) is 0 Å². The van der Waals surface area contributed by atoms with E-state index in [9.17, 15) is 0 Å². The van der Waals surface area contributed by atoms with Crippen molar-refractivity contribution in [2.45, 2.75) is 64.0 Å². The maximum absolute atomic E-state index is 3.67. The van der Waals surface area contributed by atoms with Crippen molar-refractivity contribution < 1.29 is 0 Å². The molecule has 0 aromatic carbocycles. The van der Waals surface area contributed by atoms with Crippen molar-refractivity contribution in [3.05, 3.63) is 0 Å². The zero-order valence-corrected chi connectivity index (χ0v) is 10.2. The van der Waals surface area contributed by atoms with Gasteiger partial charge in [-0.25, -0.2) is 0 Å². The average Bonchev–Trinajstić information content (AvgIpc) is 2.31. The Kier molecular flexibility index (Phi) is 4.45. The molecule has 0 saturated carbocycles. The van der Waals surface area contributed by atoms with Crippen LogP contribution in [0.4, 0.5) is 0 Å². The van der Waals surface area contributed by atoms with Crippen LogP contribution in [-0.2, 0) is 0 Å². The van der Waals surface area contributed by atoms with Crippen LogP contribution < -0.4 is 5.32 Å². The Hall–Kier alpha value is -0.0800. The molecule has 0 aromatic heterocycles. The third kappa shape index (κ3) is 3.18. The molecule has 0 amide bonds. The molecular weight excluding hydrogens is 184 g/mol. The van der Waals surface area contributed by atoms with Crippen molar-refractivity contribution in [3.63, 3.8) is 0 Å². The molecule has 2 aliphatic rings. The van der Waals surface area contributed by atoms with E-state index >= 15 is 0 Å². The molecule has 15 heavy (non-hydrogen) atoms. The monoisotopic (exact) mass is 210 g/mol. The minimum absolute atomic E-state index is 0.783. The lowest BCUT2D eigenvalue weighted by molar-refractivity contribution is 0.123. The van der Waals surface area contributed by atoms with Crippen molar-refractivity contribution in [1.82, 2.24) is 10.2 Å². The van der Waals surface area contributed by atoms with Gasteiger partial charge in [0.25, 0.3) is 0 Å². The predicted molar refractivity (Wildman–Crippen MR) is 65.1 cm³/mol. The van der Waals surface area contributed by atoms with Gasteiger partial charge < -0.3 is 5.32 Å². The van der Waals surface area contributed by atoms with Gasteiger partial charge >= 0.3 is 0 Å². The molecular formula is C13H26N2. The fourth-order valence-electron chi connectivity index (χ4n) is 3.13. The first-order chi connectivity index (χ1) is 7.40. The molecule has 0 spiro atoms. The van der Waals surface area contributed by atoms with Crippen molar-refractivity contribution in [3.8, 4) is 0 Å². The van der Waals surface area contributed by atoms with Crippen molar-refractivity contribution in [2.75, 3.05) is 19.6 Å². The Morgan fingerprint density at radius 2 is 2.00 bits per heavy atom. The summed E-state index contributed by atoms with van der Waals surface area (Å²) in [6.07, 6.45) is 9.86. The van der Waals surface area contributed by atoms with Crippen LogP contribution in [0.25, 0.3) is 0 Å². The molecule has 2 nitrogen and oxygen atoms in total. The number of nitrogens with zero attached hydrogens (tertiary/aromatic N) is 1. The van der Waals surface area contributed by atoms with E-state index in [1.165, 1.54) is 64.6 Å². The molecule has 2 rings (SSSR count). The van der Waals surface area contributed by atoms with E-state index in [1.54, 1.807) is 0 Å². The molecule has 0 unspecified atom stereocenters. The van der Waals surface area contributed by atoms with E-state index in [0.29, 0.717) is 0 Å². The van der Waals surface area contributed by atoms with Crippen LogP contribution in [0.5, 0.6) is 0 Å². The highest BCUT2D eigenvalue weighted by molar-refractivity contribution is 4.82. The summed E-state index contributed by atoms with van der Waals surface area (Å²) in [5, 5.41) is 3.67. The number of piperidine rings is 2. The lowest BCUT2D eigenvalue weighted by Gasteiger charge is -2.38. The Morgan fingerprint density at radius 1 is 1.13 bits per heavy atom. The zero-order chi connectivity index (χ0) is 10.5. The van der Waals surface area contributed by atoms with Crippen molar-refractivity contribution >= 4 is 0 Å². The first kappa shape index (κ1) is 11.4. The van der Waals surface area contributed by atoms with Gasteiger partial charge in [0.2, 0.25) is 0 Å². The number of hydrogen-bond acceptors (Lipinski definition) is 2. The van der Waals surface area contributed by atoms with Crippen LogP contribution in [0.15, 0.2) is 0 Å². The van der Waals surface area contributed by atoms with Crippen LogP contribution in [0.2, 0.25) is 0 Å². The van der Waals surface area contributed by atoms with Crippen LogP contribution in [-0.4, -0.2) is 36.6 Å². The maximum Gasteiger partial charge on any atom is 0.0195 e. The summed E-state index contributed by atoms with van der Waals surface area (Å²) in [7, 11) is 0. The molecule has 2 fully saturated rings. The summed E-state index contributed by atoms with van der Waals surface area (Å²) in [6, 6.07) is 1.66. The Bertz CT molecular complexity index is 175. The Balaban J connectivity index is 1.79. The summed E-state index contributed by atoms with van der Waals surface area (Å²) in [5.74, 6) is 0. The third-order valence-corrected chi connectivity index (χ3v) is 4.09. The van der Waals surface area contributed by atoms with Gasteiger partial charge in [0.1, 0.15) is 0 Å². The minimum Gasteiger partial charge on any atom is -0.313 e. The summed E-state index contributed by atoms with van der Waals surface area (Å²) in [6.45, 7) is 6.24. The van der Waals surface area contributed by atoms with Gasteiger partial charge in [0.15, 0.2) is 0 Å². The Morgan fingerprint density at radius 3 is 2.73 bits per heavy atom. The van der Waals surface area contributed by atoms with E-state index in [4.69, 9.17) is 0 Å². The SMILES string of the molecule is CC[C@@H]1CCCCN1C[C@H]1CCCCN1. The normalized spacial score (nSPS) is 34.2. The molecule has 0 aromatic rings. The van der Waals surface area contributed by atoms with Gasteiger partial charge in [-0.05, 0) is 45.2 Å². The Labute approximate surface area is 94.4 Å². The summed E-state index contributed by atoms with van der Waals surface area (Å²) in [4.78, 5) is 2.74. The molecule has 0 radical (unpaired) electrons. The first-order valence-electron chi connectivity index (χ1n) is 6.87. The van der Waals surface area contributed by atoms with Gasteiger partial charge in [-0.2, -0.15) is 0 Å². The standard InChI is InChI=1S/C13H26N2/c1-2-13-8-4-6-10-15(13)11-12-7-3-5-9-14-12/h12-14H,2-11H2,1H3/t12-,13-/m1/s1. The molecule has 88 valence electrons. The van der Waals surface area contributed by atoms with Crippen LogP contribution in [0.3, 0.4) is 0 Å². The topological polar surface area (TPSA) is 15.3 Å². The third-order valence-electron chi connectivity index (χ3n) is 4.09. The summed E-state index contributed by atoms with van der Waals surface area (Å²) < 4.78 is 0. The molecule has 1 N–H and O–H groups in total. The lowest BCUT2D eigenvalue weighted by Crippen LogP contribution is -2.48. The highest BCUT2D eigenvalue weighted by Gasteiger charge is 2.24. The van der Waals surface area contributed by atoms with Gasteiger partial charge in [-0.15, -0.1) is 0 Å². The van der Waals surface area contributed by atoms with E-state index in [0.717, 1.165) is 12.1 Å². The highest BCUT2D eigenvalue weighted by Crippen LogP contribution is 2.20. The quantitative estimate of drug-likeness (QED) is 0.769. The number of nitrogens with one attached hydrogen (secondary N) is 1. The first-order valence-corrected chi connectivity index (χ1v) is 6.87. The van der Waals surface area contributed by atoms with Crippen molar-refractivity contribution in [2.24, 2.45) is 0 Å². The number of likely N-dealkylation sites (tertiary alicyclic amines) is 1. The van der Waals surface area contributed by atoms with Gasteiger partial charge in [0.05, 0.1) is 0 Å². The minimum atomic E-state index is 0.783. The lowest BCUT2D eigenvalue weighted by atomic mass is 9.97. The average molecular weight is 210 g/mol. The van der Waals surface area contributed by atoms with E-state index < -0.39 is 0 Å². The molecule has 2 heteroatoms. The summed E-state index contributed by atoms with van der Waals surface area (Å²) >= 11 is 0. The second kappa shape index (κ2) is 5.86. The van der Waals surface area contributed by atoms with E-state index in [-0.39, 0.29) is 0 Å². The largest absolute Gasteiger partial charge is 0.313 e. The zero-order valence-electron chi connectivity index (χ0n) is 10.2. The van der Waals surface area contributed by atoms with Gasteiger partial charge in [0, 0.05) is 18.6 Å². The van der Waals surface area contributed by atoms with Crippen molar-refractivity contribution in [1.29, 1.82) is 0 Å².